The van der Waals surface area contributed by atoms with Gasteiger partial charge in [-0.25, -0.2) is 0 Å². The molecule has 3 rings (SSSR count). The lowest BCUT2D eigenvalue weighted by atomic mass is 9.96. The molecule has 1 aromatic rings. The summed E-state index contributed by atoms with van der Waals surface area (Å²) in [6.45, 7) is 3.32. The zero-order chi connectivity index (χ0) is 15.9. The molecule has 1 atom stereocenters. The number of likely N-dealkylation sites (tertiary alicyclic amines) is 1. The first kappa shape index (κ1) is 16.7. The minimum Gasteiger partial charge on any atom is -0.360 e. The Morgan fingerprint density at radius 2 is 1.65 bits per heavy atom. The fraction of sp³-hybridized carbons (Fsp3) is 0.632. The molecule has 1 aliphatic heterocycles. The van der Waals surface area contributed by atoms with Crippen molar-refractivity contribution in [1.82, 2.24) is 15.5 Å². The Bertz CT molecular complexity index is 485. The Morgan fingerprint density at radius 1 is 0.957 bits per heavy atom. The van der Waals surface area contributed by atoms with Gasteiger partial charge in [0.25, 0.3) is 0 Å². The van der Waals surface area contributed by atoms with Crippen molar-refractivity contribution < 1.29 is 0 Å². The molecule has 0 spiro atoms. The molecule has 0 bridgehead atoms. The number of hydrogen-bond acceptors (Lipinski definition) is 2. The Kier molecular flexibility index (Phi) is 6.29. The molecule has 0 aromatic heterocycles. The molecule has 4 heteroatoms. The molecule has 1 saturated carbocycles. The van der Waals surface area contributed by atoms with Gasteiger partial charge >= 0.3 is 0 Å². The molecule has 23 heavy (non-hydrogen) atoms. The Labute approximate surface area is 145 Å². The van der Waals surface area contributed by atoms with Gasteiger partial charge in [-0.15, -0.1) is 0 Å². The number of benzene rings is 1. The molecule has 0 unspecified atom stereocenters. The Balaban J connectivity index is 1.43. The predicted molar refractivity (Wildman–Crippen MR) is 100 cm³/mol. The molecular weight excluding hydrogens is 302 g/mol. The SMILES string of the molecule is S=C(NC1CCCCC1)N[C@@H]1CCCN(Cc2ccccc2)C1. The van der Waals surface area contributed by atoms with E-state index in [1.54, 1.807) is 0 Å². The van der Waals surface area contributed by atoms with E-state index in [9.17, 15) is 0 Å². The quantitative estimate of drug-likeness (QED) is 0.827. The van der Waals surface area contributed by atoms with Gasteiger partial charge in [-0.3, -0.25) is 4.90 Å². The fourth-order valence-corrected chi connectivity index (χ4v) is 4.15. The van der Waals surface area contributed by atoms with Gasteiger partial charge in [0.2, 0.25) is 0 Å². The Morgan fingerprint density at radius 3 is 2.43 bits per heavy atom. The number of thiocarbonyl (C=S) groups is 1. The van der Waals surface area contributed by atoms with Crippen molar-refractivity contribution in [2.24, 2.45) is 0 Å². The van der Waals surface area contributed by atoms with Crippen molar-refractivity contribution in [2.45, 2.75) is 63.6 Å². The highest BCUT2D eigenvalue weighted by molar-refractivity contribution is 7.80. The maximum absolute atomic E-state index is 5.54. The zero-order valence-electron chi connectivity index (χ0n) is 14.0. The molecular formula is C19H29N3S. The van der Waals surface area contributed by atoms with Crippen LogP contribution < -0.4 is 10.6 Å². The average molecular weight is 332 g/mol. The monoisotopic (exact) mass is 331 g/mol. The van der Waals surface area contributed by atoms with E-state index < -0.39 is 0 Å². The van der Waals surface area contributed by atoms with Gasteiger partial charge < -0.3 is 10.6 Å². The minimum absolute atomic E-state index is 0.482. The first-order chi connectivity index (χ1) is 11.3. The van der Waals surface area contributed by atoms with Crippen LogP contribution in [0.2, 0.25) is 0 Å². The van der Waals surface area contributed by atoms with E-state index in [2.05, 4.69) is 45.9 Å². The number of hydrogen-bond donors (Lipinski definition) is 2. The first-order valence-electron chi connectivity index (χ1n) is 9.13. The summed E-state index contributed by atoms with van der Waals surface area (Å²) in [5.74, 6) is 0. The third-order valence-electron chi connectivity index (χ3n) is 5.03. The predicted octanol–water partition coefficient (Wildman–Crippen LogP) is 3.45. The molecule has 2 fully saturated rings. The second kappa shape index (κ2) is 8.65. The third kappa shape index (κ3) is 5.47. The summed E-state index contributed by atoms with van der Waals surface area (Å²) in [6.07, 6.45) is 9.08. The van der Waals surface area contributed by atoms with Gasteiger partial charge in [0.05, 0.1) is 0 Å². The molecule has 1 aliphatic carbocycles. The molecule has 1 aromatic carbocycles. The lowest BCUT2D eigenvalue weighted by Crippen LogP contribution is -2.52. The molecule has 2 N–H and O–H groups in total. The van der Waals surface area contributed by atoms with E-state index in [4.69, 9.17) is 12.2 Å². The maximum atomic E-state index is 5.54. The first-order valence-corrected chi connectivity index (χ1v) is 9.54. The summed E-state index contributed by atoms with van der Waals surface area (Å²) < 4.78 is 0. The average Bonchev–Trinajstić information content (AvgIpc) is 2.57. The summed E-state index contributed by atoms with van der Waals surface area (Å²) in [5, 5.41) is 7.96. The van der Waals surface area contributed by atoms with E-state index >= 15 is 0 Å². The standard InChI is InChI=1S/C19H29N3S/c23-19(20-17-10-5-2-6-11-17)21-18-12-7-13-22(15-18)14-16-8-3-1-4-9-16/h1,3-4,8-9,17-18H,2,5-7,10-15H2,(H2,20,21,23)/t18-/m1/s1. The van der Waals surface area contributed by atoms with Crippen molar-refractivity contribution in [3.63, 3.8) is 0 Å². The number of rotatable bonds is 4. The maximum Gasteiger partial charge on any atom is 0.166 e. The molecule has 1 heterocycles. The van der Waals surface area contributed by atoms with Crippen LogP contribution >= 0.6 is 12.2 Å². The van der Waals surface area contributed by atoms with Crippen LogP contribution in [0, 0.1) is 0 Å². The normalized spacial score (nSPS) is 23.4. The van der Waals surface area contributed by atoms with Crippen LogP contribution in [-0.2, 0) is 6.54 Å². The van der Waals surface area contributed by atoms with Crippen molar-refractivity contribution in [1.29, 1.82) is 0 Å². The van der Waals surface area contributed by atoms with Crippen LogP contribution in [0.25, 0.3) is 0 Å². The van der Waals surface area contributed by atoms with Crippen molar-refractivity contribution in [2.75, 3.05) is 13.1 Å². The lowest BCUT2D eigenvalue weighted by molar-refractivity contribution is 0.193. The summed E-state index contributed by atoms with van der Waals surface area (Å²) in [7, 11) is 0. The van der Waals surface area contributed by atoms with E-state index in [1.165, 1.54) is 57.1 Å². The number of nitrogens with one attached hydrogen (secondary N) is 2. The zero-order valence-corrected chi connectivity index (χ0v) is 14.8. The van der Waals surface area contributed by atoms with E-state index in [-0.39, 0.29) is 0 Å². The smallest absolute Gasteiger partial charge is 0.166 e. The van der Waals surface area contributed by atoms with Crippen LogP contribution in [-0.4, -0.2) is 35.2 Å². The largest absolute Gasteiger partial charge is 0.360 e. The number of nitrogens with zero attached hydrogens (tertiary/aromatic N) is 1. The van der Waals surface area contributed by atoms with Gasteiger partial charge in [-0.1, -0.05) is 49.6 Å². The highest BCUT2D eigenvalue weighted by Gasteiger charge is 2.21. The van der Waals surface area contributed by atoms with E-state index in [0.29, 0.717) is 12.1 Å². The molecule has 2 aliphatic rings. The van der Waals surface area contributed by atoms with E-state index in [1.807, 2.05) is 0 Å². The number of piperidine rings is 1. The second-order valence-electron chi connectivity index (χ2n) is 7.01. The van der Waals surface area contributed by atoms with Gasteiger partial charge in [0.15, 0.2) is 5.11 Å². The van der Waals surface area contributed by atoms with Crippen LogP contribution in [0.1, 0.15) is 50.5 Å². The van der Waals surface area contributed by atoms with Gasteiger partial charge in [-0.05, 0) is 50.0 Å². The van der Waals surface area contributed by atoms with Gasteiger partial charge in [0, 0.05) is 25.2 Å². The summed E-state index contributed by atoms with van der Waals surface area (Å²) in [6, 6.07) is 11.8. The minimum atomic E-state index is 0.482. The van der Waals surface area contributed by atoms with Crippen LogP contribution in [0.5, 0.6) is 0 Å². The summed E-state index contributed by atoms with van der Waals surface area (Å²) >= 11 is 5.54. The highest BCUT2D eigenvalue weighted by Crippen LogP contribution is 2.18. The van der Waals surface area contributed by atoms with Crippen molar-refractivity contribution >= 4 is 17.3 Å². The van der Waals surface area contributed by atoms with Gasteiger partial charge in [-0.2, -0.15) is 0 Å². The van der Waals surface area contributed by atoms with Crippen LogP contribution in [0.3, 0.4) is 0 Å². The van der Waals surface area contributed by atoms with Gasteiger partial charge in [0.1, 0.15) is 0 Å². The van der Waals surface area contributed by atoms with Crippen LogP contribution in [0.4, 0.5) is 0 Å². The molecule has 0 radical (unpaired) electrons. The summed E-state index contributed by atoms with van der Waals surface area (Å²) in [5.41, 5.74) is 1.40. The fourth-order valence-electron chi connectivity index (χ4n) is 3.82. The summed E-state index contributed by atoms with van der Waals surface area (Å²) in [4.78, 5) is 2.54. The van der Waals surface area contributed by atoms with Crippen molar-refractivity contribution in [3.8, 4) is 0 Å². The van der Waals surface area contributed by atoms with E-state index in [0.717, 1.165) is 18.2 Å². The molecule has 1 saturated heterocycles. The third-order valence-corrected chi connectivity index (χ3v) is 5.27. The van der Waals surface area contributed by atoms with Crippen LogP contribution in [0.15, 0.2) is 30.3 Å². The molecule has 126 valence electrons. The lowest BCUT2D eigenvalue weighted by Gasteiger charge is -2.34. The molecule has 0 amide bonds. The topological polar surface area (TPSA) is 27.3 Å². The molecule has 3 nitrogen and oxygen atoms in total. The highest BCUT2D eigenvalue weighted by atomic mass is 32.1. The Hall–Kier alpha value is -1.13. The second-order valence-corrected chi connectivity index (χ2v) is 7.42. The van der Waals surface area contributed by atoms with Crippen molar-refractivity contribution in [3.05, 3.63) is 35.9 Å².